The van der Waals surface area contributed by atoms with Crippen molar-refractivity contribution < 1.29 is 18.7 Å². The van der Waals surface area contributed by atoms with Gasteiger partial charge in [-0.15, -0.1) is 12.4 Å². The highest BCUT2D eigenvalue weighted by Crippen LogP contribution is 2.21. The fourth-order valence-electron chi connectivity index (χ4n) is 2.04. The Bertz CT molecular complexity index is 717. The fourth-order valence-corrected chi connectivity index (χ4v) is 2.04. The first-order chi connectivity index (χ1) is 11.2. The highest BCUT2D eigenvalue weighted by atomic mass is 35.5. The second kappa shape index (κ2) is 8.26. The number of hydrogen-bond acceptors (Lipinski definition) is 4. The Balaban J connectivity index is 0.00000312. The Labute approximate surface area is 150 Å². The van der Waals surface area contributed by atoms with E-state index in [-0.39, 0.29) is 18.1 Å². The van der Waals surface area contributed by atoms with Crippen molar-refractivity contribution in [3.8, 4) is 11.4 Å². The van der Waals surface area contributed by atoms with Gasteiger partial charge in [-0.2, -0.15) is 5.10 Å². The van der Waals surface area contributed by atoms with E-state index >= 15 is 0 Å². The van der Waals surface area contributed by atoms with Gasteiger partial charge >= 0.3 is 0 Å². The van der Waals surface area contributed by atoms with Gasteiger partial charge in [-0.3, -0.25) is 4.79 Å². The van der Waals surface area contributed by atoms with E-state index in [2.05, 4.69) is 18.9 Å². The summed E-state index contributed by atoms with van der Waals surface area (Å²) in [5.74, 6) is -4.12. The molecule has 0 atom stereocenters. The lowest BCUT2D eigenvalue weighted by Gasteiger charge is -2.13. The van der Waals surface area contributed by atoms with Gasteiger partial charge in [0.05, 0.1) is 25.0 Å². The van der Waals surface area contributed by atoms with Crippen molar-refractivity contribution in [2.75, 3.05) is 13.1 Å². The van der Waals surface area contributed by atoms with Gasteiger partial charge in [0.15, 0.2) is 11.4 Å². The quantitative estimate of drug-likeness (QED) is 0.724. The van der Waals surface area contributed by atoms with Gasteiger partial charge in [-0.05, 0) is 23.6 Å². The Morgan fingerprint density at radius 2 is 1.96 bits per heavy atom. The van der Waals surface area contributed by atoms with Crippen LogP contribution in [0.1, 0.15) is 35.8 Å². The van der Waals surface area contributed by atoms with Crippen molar-refractivity contribution in [1.82, 2.24) is 15.1 Å². The van der Waals surface area contributed by atoms with Crippen LogP contribution >= 0.6 is 12.4 Å². The summed E-state index contributed by atoms with van der Waals surface area (Å²) in [6.45, 7) is 2.33. The molecule has 0 spiro atoms. The highest BCUT2D eigenvalue weighted by molar-refractivity contribution is 5.94. The number of nitrogens with one attached hydrogen (secondary N) is 1. The van der Waals surface area contributed by atoms with Crippen LogP contribution in [-0.2, 0) is 0 Å². The topological polar surface area (TPSA) is 93.2 Å². The Morgan fingerprint density at radius 3 is 2.48 bits per heavy atom. The van der Waals surface area contributed by atoms with E-state index in [1.807, 2.05) is 17.4 Å². The molecule has 0 aliphatic carbocycles. The van der Waals surface area contributed by atoms with Crippen LogP contribution in [0.4, 0.5) is 8.78 Å². The molecule has 2 aromatic rings. The molecule has 0 bridgehead atoms. The summed E-state index contributed by atoms with van der Waals surface area (Å²) < 4.78 is 27.5. The van der Waals surface area contributed by atoms with Crippen molar-refractivity contribution in [3.63, 3.8) is 0 Å². The van der Waals surface area contributed by atoms with Crippen molar-refractivity contribution in [1.29, 1.82) is 0 Å². The summed E-state index contributed by atoms with van der Waals surface area (Å²) >= 11 is 0. The second-order valence-electron chi connectivity index (χ2n) is 5.80. The molecule has 138 valence electrons. The van der Waals surface area contributed by atoms with Gasteiger partial charge in [-0.1, -0.05) is 26.0 Å². The standard InChI is InChI=1S/C16H20F2N4O2.ClH/c1-10(2)11-3-5-12(6-4-11)22-7-13(23)14(21-22)15(24)20-9-16(17,18)8-19;/h3-7,10,23H,8-9,19H2,1-2H3,(H,20,24);1H. The summed E-state index contributed by atoms with van der Waals surface area (Å²) in [6, 6.07) is 7.43. The lowest BCUT2D eigenvalue weighted by Crippen LogP contribution is -2.41. The predicted molar refractivity (Wildman–Crippen MR) is 92.9 cm³/mol. The number of halogens is 3. The third-order valence-corrected chi connectivity index (χ3v) is 3.54. The van der Waals surface area contributed by atoms with Crippen molar-refractivity contribution >= 4 is 18.3 Å². The molecule has 0 aliphatic rings. The molecule has 1 aromatic carbocycles. The maximum Gasteiger partial charge on any atom is 0.277 e. The molecule has 2 rings (SSSR count). The van der Waals surface area contributed by atoms with Crippen LogP contribution in [-0.4, -0.2) is 39.8 Å². The van der Waals surface area contributed by atoms with E-state index in [1.165, 1.54) is 10.9 Å². The van der Waals surface area contributed by atoms with E-state index in [1.54, 1.807) is 12.1 Å². The molecule has 1 aromatic heterocycles. The molecule has 0 fully saturated rings. The third-order valence-electron chi connectivity index (χ3n) is 3.54. The van der Waals surface area contributed by atoms with Crippen LogP contribution in [0, 0.1) is 0 Å². The molecular formula is C16H21ClF2N4O2. The van der Waals surface area contributed by atoms with Gasteiger partial charge < -0.3 is 16.2 Å². The van der Waals surface area contributed by atoms with Crippen LogP contribution < -0.4 is 11.1 Å². The minimum atomic E-state index is -3.21. The van der Waals surface area contributed by atoms with E-state index in [9.17, 15) is 18.7 Å². The Kier molecular flexibility index (Phi) is 6.89. The average molecular weight is 375 g/mol. The predicted octanol–water partition coefficient (Wildman–Crippen LogP) is 2.45. The van der Waals surface area contributed by atoms with Crippen LogP contribution in [0.5, 0.6) is 5.75 Å². The Morgan fingerprint density at radius 1 is 1.36 bits per heavy atom. The number of benzene rings is 1. The second-order valence-corrected chi connectivity index (χ2v) is 5.80. The van der Waals surface area contributed by atoms with Crippen molar-refractivity contribution in [3.05, 3.63) is 41.7 Å². The van der Waals surface area contributed by atoms with Gasteiger partial charge in [0.2, 0.25) is 0 Å². The summed E-state index contributed by atoms with van der Waals surface area (Å²) in [4.78, 5) is 11.9. The molecule has 1 amide bonds. The minimum Gasteiger partial charge on any atom is -0.504 e. The summed E-state index contributed by atoms with van der Waals surface area (Å²) in [5, 5.41) is 15.8. The number of amides is 1. The maximum absolute atomic E-state index is 13.1. The summed E-state index contributed by atoms with van der Waals surface area (Å²) in [6.07, 6.45) is 1.25. The molecule has 4 N–H and O–H groups in total. The van der Waals surface area contributed by atoms with Crippen LogP contribution in [0.15, 0.2) is 30.5 Å². The number of carbonyl (C=O) groups is 1. The van der Waals surface area contributed by atoms with Gasteiger partial charge in [0.1, 0.15) is 0 Å². The summed E-state index contributed by atoms with van der Waals surface area (Å²) in [7, 11) is 0. The zero-order valence-corrected chi connectivity index (χ0v) is 14.7. The number of rotatable bonds is 6. The first-order valence-corrected chi connectivity index (χ1v) is 7.48. The first kappa shape index (κ1) is 20.9. The lowest BCUT2D eigenvalue weighted by atomic mass is 10.0. The zero-order chi connectivity index (χ0) is 17.9. The third kappa shape index (κ3) is 5.14. The van der Waals surface area contributed by atoms with Crippen molar-refractivity contribution in [2.45, 2.75) is 25.7 Å². The van der Waals surface area contributed by atoms with Gasteiger partial charge in [0, 0.05) is 0 Å². The number of hydrogen-bond donors (Lipinski definition) is 3. The highest BCUT2D eigenvalue weighted by Gasteiger charge is 2.28. The molecule has 1 heterocycles. The molecule has 0 aliphatic heterocycles. The largest absolute Gasteiger partial charge is 0.504 e. The molecule has 25 heavy (non-hydrogen) atoms. The molecule has 0 unspecified atom stereocenters. The van der Waals surface area contributed by atoms with E-state index in [4.69, 9.17) is 5.73 Å². The molecule has 0 saturated carbocycles. The maximum atomic E-state index is 13.1. The normalized spacial score (nSPS) is 11.3. The minimum absolute atomic E-state index is 0. The number of aromatic hydroxyl groups is 1. The molecule has 6 nitrogen and oxygen atoms in total. The monoisotopic (exact) mass is 374 g/mol. The average Bonchev–Trinajstić information content (AvgIpc) is 2.94. The first-order valence-electron chi connectivity index (χ1n) is 7.48. The summed E-state index contributed by atoms with van der Waals surface area (Å²) in [5.41, 5.74) is 6.36. The SMILES string of the molecule is CC(C)c1ccc(-n2cc(O)c(C(=O)NCC(F)(F)CN)n2)cc1.Cl. The van der Waals surface area contributed by atoms with Crippen molar-refractivity contribution in [2.24, 2.45) is 5.73 Å². The molecule has 0 radical (unpaired) electrons. The number of alkyl halides is 2. The van der Waals surface area contributed by atoms with Crippen LogP contribution in [0.2, 0.25) is 0 Å². The number of carbonyl (C=O) groups excluding carboxylic acids is 1. The van der Waals surface area contributed by atoms with Crippen LogP contribution in [0.3, 0.4) is 0 Å². The molecule has 0 saturated heterocycles. The van der Waals surface area contributed by atoms with E-state index in [0.717, 1.165) is 5.56 Å². The van der Waals surface area contributed by atoms with Gasteiger partial charge in [0.25, 0.3) is 11.8 Å². The lowest BCUT2D eigenvalue weighted by molar-refractivity contribution is 0.0117. The number of nitrogens with zero attached hydrogens (tertiary/aromatic N) is 2. The molecular weight excluding hydrogens is 354 g/mol. The van der Waals surface area contributed by atoms with Crippen LogP contribution in [0.25, 0.3) is 5.69 Å². The Hall–Kier alpha value is -2.19. The zero-order valence-electron chi connectivity index (χ0n) is 13.9. The number of aromatic nitrogens is 2. The smallest absolute Gasteiger partial charge is 0.277 e. The number of nitrogens with two attached hydrogens (primary N) is 1. The molecule has 9 heteroatoms. The van der Waals surface area contributed by atoms with E-state index < -0.39 is 30.7 Å². The fraction of sp³-hybridized carbons (Fsp3) is 0.375. The van der Waals surface area contributed by atoms with Gasteiger partial charge in [-0.25, -0.2) is 13.5 Å². The van der Waals surface area contributed by atoms with E-state index in [0.29, 0.717) is 11.6 Å².